The van der Waals surface area contributed by atoms with Crippen LogP contribution in [0.4, 0.5) is 18.9 Å². The Hall–Kier alpha value is -1.23. The molecule has 0 bridgehead atoms. The van der Waals surface area contributed by atoms with E-state index in [0.29, 0.717) is 11.7 Å². The number of anilines is 1. The van der Waals surface area contributed by atoms with Crippen LogP contribution in [-0.4, -0.2) is 18.6 Å². The van der Waals surface area contributed by atoms with E-state index in [1.165, 1.54) is 6.07 Å². The standard InChI is InChI=1S/C16H23F3N2/c1-3-13-6-4-11(2)21(13)14-7-5-12(8-9-20)15(10-14)16(17,18)19/h5,7,10-11,13H,3-4,6,8-9,20H2,1-2H3. The third-order valence-corrected chi connectivity index (χ3v) is 4.37. The second kappa shape index (κ2) is 6.26. The summed E-state index contributed by atoms with van der Waals surface area (Å²) in [5, 5.41) is 0. The minimum absolute atomic E-state index is 0.222. The Morgan fingerprint density at radius 1 is 1.29 bits per heavy atom. The molecule has 0 saturated carbocycles. The Morgan fingerprint density at radius 3 is 2.57 bits per heavy atom. The van der Waals surface area contributed by atoms with Crippen molar-refractivity contribution in [1.82, 2.24) is 0 Å². The van der Waals surface area contributed by atoms with E-state index in [4.69, 9.17) is 5.73 Å². The van der Waals surface area contributed by atoms with Gasteiger partial charge in [0.15, 0.2) is 0 Å². The maximum atomic E-state index is 13.3. The second-order valence-corrected chi connectivity index (χ2v) is 5.77. The topological polar surface area (TPSA) is 29.3 Å². The molecule has 0 radical (unpaired) electrons. The normalized spacial score (nSPS) is 22.9. The van der Waals surface area contributed by atoms with Crippen molar-refractivity contribution in [2.75, 3.05) is 11.4 Å². The zero-order valence-electron chi connectivity index (χ0n) is 12.6. The molecule has 2 N–H and O–H groups in total. The molecule has 1 aliphatic rings. The molecule has 1 fully saturated rings. The van der Waals surface area contributed by atoms with E-state index in [1.54, 1.807) is 6.07 Å². The van der Waals surface area contributed by atoms with Crippen molar-refractivity contribution >= 4 is 5.69 Å². The van der Waals surface area contributed by atoms with Crippen molar-refractivity contribution in [1.29, 1.82) is 0 Å². The van der Waals surface area contributed by atoms with Gasteiger partial charge in [0.25, 0.3) is 0 Å². The first kappa shape index (κ1) is 16.1. The Labute approximate surface area is 124 Å². The minimum Gasteiger partial charge on any atom is -0.366 e. The Morgan fingerprint density at radius 2 is 2.00 bits per heavy atom. The average molecular weight is 300 g/mol. The summed E-state index contributed by atoms with van der Waals surface area (Å²) in [6.07, 6.45) is -1.04. The zero-order chi connectivity index (χ0) is 15.6. The molecule has 5 heteroatoms. The van der Waals surface area contributed by atoms with E-state index in [0.717, 1.165) is 19.3 Å². The van der Waals surface area contributed by atoms with Crippen molar-refractivity contribution < 1.29 is 13.2 Å². The fraction of sp³-hybridized carbons (Fsp3) is 0.625. The van der Waals surface area contributed by atoms with Crippen molar-refractivity contribution in [2.24, 2.45) is 5.73 Å². The van der Waals surface area contributed by atoms with Gasteiger partial charge in [-0.05, 0) is 56.8 Å². The summed E-state index contributed by atoms with van der Waals surface area (Å²) in [6, 6.07) is 5.32. The number of nitrogens with zero attached hydrogens (tertiary/aromatic N) is 1. The Kier molecular flexibility index (Phi) is 4.81. The molecule has 2 unspecified atom stereocenters. The molecule has 1 heterocycles. The minimum atomic E-state index is -4.33. The first-order valence-electron chi connectivity index (χ1n) is 7.57. The number of hydrogen-bond donors (Lipinski definition) is 1. The van der Waals surface area contributed by atoms with Gasteiger partial charge in [-0.15, -0.1) is 0 Å². The van der Waals surface area contributed by atoms with Crippen LogP contribution in [-0.2, 0) is 12.6 Å². The molecule has 2 atom stereocenters. The largest absolute Gasteiger partial charge is 0.416 e. The monoisotopic (exact) mass is 300 g/mol. The molecular weight excluding hydrogens is 277 g/mol. The van der Waals surface area contributed by atoms with Crippen molar-refractivity contribution in [3.8, 4) is 0 Å². The summed E-state index contributed by atoms with van der Waals surface area (Å²) >= 11 is 0. The van der Waals surface area contributed by atoms with Gasteiger partial charge in [0.2, 0.25) is 0 Å². The highest BCUT2D eigenvalue weighted by atomic mass is 19.4. The van der Waals surface area contributed by atoms with Crippen LogP contribution >= 0.6 is 0 Å². The van der Waals surface area contributed by atoms with Crippen molar-refractivity contribution in [2.45, 2.75) is 57.8 Å². The predicted octanol–water partition coefficient (Wildman–Crippen LogP) is 3.97. The fourth-order valence-electron chi connectivity index (χ4n) is 3.30. The predicted molar refractivity (Wildman–Crippen MR) is 79.5 cm³/mol. The van der Waals surface area contributed by atoms with Gasteiger partial charge in [-0.25, -0.2) is 0 Å². The van der Waals surface area contributed by atoms with E-state index in [2.05, 4.69) is 18.7 Å². The number of nitrogens with two attached hydrogens (primary N) is 1. The van der Waals surface area contributed by atoms with Crippen LogP contribution in [0.2, 0.25) is 0 Å². The lowest BCUT2D eigenvalue weighted by Gasteiger charge is -2.31. The van der Waals surface area contributed by atoms with Gasteiger partial charge in [-0.1, -0.05) is 13.0 Å². The summed E-state index contributed by atoms with van der Waals surface area (Å²) in [6.45, 7) is 4.39. The maximum Gasteiger partial charge on any atom is 0.416 e. The molecule has 0 aliphatic carbocycles. The van der Waals surface area contributed by atoms with Crippen LogP contribution in [0.5, 0.6) is 0 Å². The molecule has 118 valence electrons. The molecule has 1 saturated heterocycles. The molecule has 0 aromatic heterocycles. The molecule has 0 amide bonds. The van der Waals surface area contributed by atoms with Gasteiger partial charge < -0.3 is 10.6 Å². The van der Waals surface area contributed by atoms with E-state index < -0.39 is 11.7 Å². The van der Waals surface area contributed by atoms with Gasteiger partial charge in [-0.3, -0.25) is 0 Å². The molecule has 2 rings (SSSR count). The molecule has 2 nitrogen and oxygen atoms in total. The molecule has 1 aliphatic heterocycles. The van der Waals surface area contributed by atoms with Gasteiger partial charge in [-0.2, -0.15) is 13.2 Å². The van der Waals surface area contributed by atoms with Gasteiger partial charge in [0, 0.05) is 17.8 Å². The van der Waals surface area contributed by atoms with Crippen LogP contribution in [0.3, 0.4) is 0 Å². The van der Waals surface area contributed by atoms with E-state index >= 15 is 0 Å². The summed E-state index contributed by atoms with van der Waals surface area (Å²) < 4.78 is 39.8. The maximum absolute atomic E-state index is 13.3. The first-order chi connectivity index (χ1) is 9.88. The smallest absolute Gasteiger partial charge is 0.366 e. The lowest BCUT2D eigenvalue weighted by atomic mass is 10.0. The molecule has 0 spiro atoms. The molecule has 1 aromatic rings. The number of rotatable bonds is 4. The first-order valence-corrected chi connectivity index (χ1v) is 7.57. The number of halogens is 3. The van der Waals surface area contributed by atoms with Crippen LogP contribution in [0.1, 0.15) is 44.2 Å². The van der Waals surface area contributed by atoms with Gasteiger partial charge in [0.1, 0.15) is 0 Å². The van der Waals surface area contributed by atoms with E-state index in [-0.39, 0.29) is 24.6 Å². The van der Waals surface area contributed by atoms with Gasteiger partial charge in [0.05, 0.1) is 5.56 Å². The highest BCUT2D eigenvalue weighted by Crippen LogP contribution is 2.38. The highest BCUT2D eigenvalue weighted by Gasteiger charge is 2.35. The summed E-state index contributed by atoms with van der Waals surface area (Å²) in [7, 11) is 0. The third-order valence-electron chi connectivity index (χ3n) is 4.37. The van der Waals surface area contributed by atoms with Crippen molar-refractivity contribution in [3.63, 3.8) is 0 Å². The molecule has 21 heavy (non-hydrogen) atoms. The van der Waals surface area contributed by atoms with E-state index in [9.17, 15) is 13.2 Å². The van der Waals surface area contributed by atoms with Crippen LogP contribution in [0.25, 0.3) is 0 Å². The average Bonchev–Trinajstić information content (AvgIpc) is 2.79. The number of benzene rings is 1. The number of alkyl halides is 3. The van der Waals surface area contributed by atoms with E-state index in [1.807, 2.05) is 6.07 Å². The Bertz CT molecular complexity index is 485. The molecular formula is C16H23F3N2. The van der Waals surface area contributed by atoms with Crippen LogP contribution in [0.15, 0.2) is 18.2 Å². The summed E-state index contributed by atoms with van der Waals surface area (Å²) in [5.41, 5.74) is 5.84. The zero-order valence-corrected chi connectivity index (χ0v) is 12.6. The number of hydrogen-bond acceptors (Lipinski definition) is 2. The summed E-state index contributed by atoms with van der Waals surface area (Å²) in [5.74, 6) is 0. The third kappa shape index (κ3) is 3.34. The highest BCUT2D eigenvalue weighted by molar-refractivity contribution is 5.54. The van der Waals surface area contributed by atoms with Crippen molar-refractivity contribution in [3.05, 3.63) is 29.3 Å². The Balaban J connectivity index is 2.41. The van der Waals surface area contributed by atoms with Crippen LogP contribution < -0.4 is 10.6 Å². The quantitative estimate of drug-likeness (QED) is 0.911. The summed E-state index contributed by atoms with van der Waals surface area (Å²) in [4.78, 5) is 2.14. The second-order valence-electron chi connectivity index (χ2n) is 5.77. The fourth-order valence-corrected chi connectivity index (χ4v) is 3.30. The molecule has 1 aromatic carbocycles. The SMILES string of the molecule is CCC1CCC(C)N1c1ccc(CCN)c(C(F)(F)F)c1. The van der Waals surface area contributed by atoms with Gasteiger partial charge >= 0.3 is 6.18 Å². The lowest BCUT2D eigenvalue weighted by molar-refractivity contribution is -0.138. The lowest BCUT2D eigenvalue weighted by Crippen LogP contribution is -2.34. The van der Waals surface area contributed by atoms with Crippen LogP contribution in [0, 0.1) is 0 Å².